The molecule has 1 saturated carbocycles. The van der Waals surface area contributed by atoms with Crippen LogP contribution in [0.5, 0.6) is 0 Å². The van der Waals surface area contributed by atoms with Gasteiger partial charge in [0.15, 0.2) is 0 Å². The van der Waals surface area contributed by atoms with Gasteiger partial charge in [-0.2, -0.15) is 13.2 Å². The summed E-state index contributed by atoms with van der Waals surface area (Å²) in [5, 5.41) is 20.8. The van der Waals surface area contributed by atoms with E-state index in [0.717, 1.165) is 0 Å². The molecule has 18 heavy (non-hydrogen) atoms. The molecule has 0 aromatic heterocycles. The van der Waals surface area contributed by atoms with Gasteiger partial charge >= 0.3 is 18.2 Å². The summed E-state index contributed by atoms with van der Waals surface area (Å²) in [5.74, 6) is -1.42. The molecule has 0 aromatic rings. The van der Waals surface area contributed by atoms with E-state index in [1.807, 2.05) is 5.32 Å². The fraction of sp³-hybridized carbons (Fsp3) is 0.778. The zero-order valence-electron chi connectivity index (χ0n) is 9.25. The lowest BCUT2D eigenvalue weighted by molar-refractivity contribution is -0.162. The highest BCUT2D eigenvalue weighted by atomic mass is 19.4. The molecule has 1 aliphatic carbocycles. The number of nitrogens with one attached hydrogen (secondary N) is 2. The summed E-state index contributed by atoms with van der Waals surface area (Å²) in [5.41, 5.74) is -2.24. The van der Waals surface area contributed by atoms with Crippen LogP contribution in [0.15, 0.2) is 0 Å². The average molecular weight is 270 g/mol. The van der Waals surface area contributed by atoms with Gasteiger partial charge in [0.25, 0.3) is 0 Å². The Hall–Kier alpha value is -1.51. The lowest BCUT2D eigenvalue weighted by atomic mass is 10.2. The maximum Gasteiger partial charge on any atom is 0.411 e. The van der Waals surface area contributed by atoms with Crippen molar-refractivity contribution in [1.82, 2.24) is 10.6 Å². The molecule has 4 N–H and O–H groups in total. The monoisotopic (exact) mass is 270 g/mol. The highest BCUT2D eigenvalue weighted by Gasteiger charge is 2.64. The van der Waals surface area contributed by atoms with E-state index in [4.69, 9.17) is 10.2 Å². The Labute approximate surface area is 100 Å². The van der Waals surface area contributed by atoms with Crippen LogP contribution in [0.3, 0.4) is 0 Å². The molecule has 0 aromatic carbocycles. The molecule has 1 unspecified atom stereocenters. The molecule has 6 nitrogen and oxygen atoms in total. The number of rotatable bonds is 5. The molecule has 0 saturated heterocycles. The summed E-state index contributed by atoms with van der Waals surface area (Å²) in [6.45, 7) is -0.498. The predicted molar refractivity (Wildman–Crippen MR) is 52.8 cm³/mol. The van der Waals surface area contributed by atoms with E-state index in [9.17, 15) is 22.8 Å². The highest BCUT2D eigenvalue weighted by Crippen LogP contribution is 2.48. The topological polar surface area (TPSA) is 98.7 Å². The highest BCUT2D eigenvalue weighted by molar-refractivity contribution is 5.83. The molecule has 9 heteroatoms. The molecular weight excluding hydrogens is 257 g/mol. The number of carboxylic acid groups (broad SMARTS) is 1. The van der Waals surface area contributed by atoms with Gasteiger partial charge < -0.3 is 20.8 Å². The van der Waals surface area contributed by atoms with E-state index in [1.54, 1.807) is 5.32 Å². The summed E-state index contributed by atoms with van der Waals surface area (Å²) >= 11 is 0. The van der Waals surface area contributed by atoms with Gasteiger partial charge in [0, 0.05) is 13.0 Å². The number of hydrogen-bond donors (Lipinski definition) is 4. The molecule has 104 valence electrons. The normalized spacial score (nSPS) is 18.9. The summed E-state index contributed by atoms with van der Waals surface area (Å²) in [6, 6.07) is -2.62. The number of aliphatic carboxylic acids is 1. The largest absolute Gasteiger partial charge is 0.480 e. The third kappa shape index (κ3) is 3.25. The Kier molecular flexibility index (Phi) is 4.05. The first-order valence-corrected chi connectivity index (χ1v) is 5.21. The van der Waals surface area contributed by atoms with Gasteiger partial charge in [-0.1, -0.05) is 0 Å². The van der Waals surface area contributed by atoms with Crippen molar-refractivity contribution in [2.75, 3.05) is 6.61 Å². The summed E-state index contributed by atoms with van der Waals surface area (Å²) in [4.78, 5) is 21.9. The van der Waals surface area contributed by atoms with Crippen molar-refractivity contribution < 1.29 is 33.0 Å². The molecule has 0 radical (unpaired) electrons. The van der Waals surface area contributed by atoms with E-state index in [-0.39, 0.29) is 19.3 Å². The van der Waals surface area contributed by atoms with Crippen molar-refractivity contribution in [2.45, 2.75) is 37.0 Å². The lowest BCUT2D eigenvalue weighted by Gasteiger charge is -2.22. The van der Waals surface area contributed by atoms with E-state index < -0.39 is 36.4 Å². The summed E-state index contributed by atoms with van der Waals surface area (Å²) < 4.78 is 37.5. The SMILES string of the molecule is O=C(NC(CCO)C(=O)O)NC1(C(F)(F)F)CC1. The van der Waals surface area contributed by atoms with Crippen LogP contribution >= 0.6 is 0 Å². The maximum atomic E-state index is 12.5. The van der Waals surface area contributed by atoms with Crippen LogP contribution in [-0.2, 0) is 4.79 Å². The second-order valence-corrected chi connectivity index (χ2v) is 4.08. The number of aliphatic hydroxyl groups is 1. The predicted octanol–water partition coefficient (Wildman–Crippen LogP) is 0.216. The number of carbonyl (C=O) groups is 2. The van der Waals surface area contributed by atoms with Crippen LogP contribution < -0.4 is 10.6 Å². The standard InChI is InChI=1S/C9H13F3N2O4/c10-9(11,12)8(2-3-8)14-7(18)13-5(1-4-15)6(16)17/h5,15H,1-4H2,(H,16,17)(H2,13,14,18). The van der Waals surface area contributed by atoms with Gasteiger partial charge in [-0.3, -0.25) is 0 Å². The Morgan fingerprint density at radius 3 is 2.22 bits per heavy atom. The number of hydrogen-bond acceptors (Lipinski definition) is 3. The second kappa shape index (κ2) is 5.01. The molecule has 0 spiro atoms. The lowest BCUT2D eigenvalue weighted by Crippen LogP contribution is -2.54. The van der Waals surface area contributed by atoms with Gasteiger partial charge in [0.05, 0.1) is 0 Å². The Bertz CT molecular complexity index is 341. The van der Waals surface area contributed by atoms with Crippen LogP contribution in [0.25, 0.3) is 0 Å². The third-order valence-electron chi connectivity index (χ3n) is 2.67. The minimum atomic E-state index is -4.56. The fourth-order valence-corrected chi connectivity index (χ4v) is 1.40. The number of alkyl halides is 3. The molecule has 2 amide bonds. The number of amides is 2. The van der Waals surface area contributed by atoms with E-state index in [0.29, 0.717) is 0 Å². The van der Waals surface area contributed by atoms with Gasteiger partial charge in [-0.25, -0.2) is 9.59 Å². The average Bonchev–Trinajstić information content (AvgIpc) is 2.97. The molecular formula is C9H13F3N2O4. The zero-order chi connectivity index (χ0) is 14.0. The van der Waals surface area contributed by atoms with Gasteiger partial charge in [0.1, 0.15) is 11.6 Å². The summed E-state index contributed by atoms with van der Waals surface area (Å²) in [6.07, 6.45) is -5.27. The number of carbonyl (C=O) groups excluding carboxylic acids is 1. The first-order valence-electron chi connectivity index (χ1n) is 5.21. The van der Waals surface area contributed by atoms with Crippen molar-refractivity contribution in [3.63, 3.8) is 0 Å². The van der Waals surface area contributed by atoms with Gasteiger partial charge in [-0.05, 0) is 12.8 Å². The van der Waals surface area contributed by atoms with Gasteiger partial charge in [-0.15, -0.1) is 0 Å². The van der Waals surface area contributed by atoms with Crippen LogP contribution in [-0.4, -0.2) is 46.6 Å². The van der Waals surface area contributed by atoms with Crippen molar-refractivity contribution in [3.05, 3.63) is 0 Å². The maximum absolute atomic E-state index is 12.5. The number of urea groups is 1. The second-order valence-electron chi connectivity index (χ2n) is 4.08. The van der Waals surface area contributed by atoms with Crippen molar-refractivity contribution in [3.8, 4) is 0 Å². The number of carboxylic acids is 1. The third-order valence-corrected chi connectivity index (χ3v) is 2.67. The minimum absolute atomic E-state index is 0.221. The first-order chi connectivity index (χ1) is 8.22. The van der Waals surface area contributed by atoms with Crippen LogP contribution in [0.1, 0.15) is 19.3 Å². The molecule has 0 bridgehead atoms. The molecule has 1 fully saturated rings. The smallest absolute Gasteiger partial charge is 0.411 e. The molecule has 0 aliphatic heterocycles. The molecule has 0 heterocycles. The van der Waals surface area contributed by atoms with Crippen molar-refractivity contribution in [2.24, 2.45) is 0 Å². The summed E-state index contributed by atoms with van der Waals surface area (Å²) in [7, 11) is 0. The first kappa shape index (κ1) is 14.6. The van der Waals surface area contributed by atoms with Crippen LogP contribution in [0.4, 0.5) is 18.0 Å². The quantitative estimate of drug-likeness (QED) is 0.574. The van der Waals surface area contributed by atoms with Crippen molar-refractivity contribution >= 4 is 12.0 Å². The van der Waals surface area contributed by atoms with E-state index in [1.165, 1.54) is 0 Å². The minimum Gasteiger partial charge on any atom is -0.480 e. The van der Waals surface area contributed by atoms with Crippen LogP contribution in [0.2, 0.25) is 0 Å². The van der Waals surface area contributed by atoms with E-state index in [2.05, 4.69) is 0 Å². The van der Waals surface area contributed by atoms with E-state index >= 15 is 0 Å². The molecule has 1 aliphatic rings. The Morgan fingerprint density at radius 2 is 1.89 bits per heavy atom. The van der Waals surface area contributed by atoms with Crippen molar-refractivity contribution in [1.29, 1.82) is 0 Å². The Morgan fingerprint density at radius 1 is 1.33 bits per heavy atom. The molecule has 1 atom stereocenters. The van der Waals surface area contributed by atoms with Crippen LogP contribution in [0, 0.1) is 0 Å². The zero-order valence-corrected chi connectivity index (χ0v) is 9.25. The number of aliphatic hydroxyl groups excluding tert-OH is 1. The van der Waals surface area contributed by atoms with Gasteiger partial charge in [0.2, 0.25) is 0 Å². The Balaban J connectivity index is 2.54. The fourth-order valence-electron chi connectivity index (χ4n) is 1.40. The number of halogens is 3. The molecule has 1 rings (SSSR count).